The van der Waals surface area contributed by atoms with Gasteiger partial charge in [0, 0.05) is 31.7 Å². The van der Waals surface area contributed by atoms with Crippen LogP contribution in [0, 0.1) is 0 Å². The molecule has 2 heterocycles. The summed E-state index contributed by atoms with van der Waals surface area (Å²) in [7, 11) is 1.54. The summed E-state index contributed by atoms with van der Waals surface area (Å²) in [4.78, 5) is 27.6. The van der Waals surface area contributed by atoms with Gasteiger partial charge in [-0.2, -0.15) is 0 Å². The molecule has 0 spiro atoms. The highest BCUT2D eigenvalue weighted by atomic mass is 16.5. The van der Waals surface area contributed by atoms with Crippen LogP contribution in [0.4, 0.5) is 10.5 Å². The van der Waals surface area contributed by atoms with E-state index in [1.54, 1.807) is 28.0 Å². The van der Waals surface area contributed by atoms with Crippen LogP contribution in [0.2, 0.25) is 0 Å². The van der Waals surface area contributed by atoms with Crippen LogP contribution in [0.3, 0.4) is 0 Å². The Labute approximate surface area is 122 Å². The predicted octanol–water partition coefficient (Wildman–Crippen LogP) is 0.127. The number of ether oxygens (including phenoxy) is 1. The number of urea groups is 1. The highest BCUT2D eigenvalue weighted by Crippen LogP contribution is 2.23. The summed E-state index contributed by atoms with van der Waals surface area (Å²) in [5.74, 6) is 0.491. The van der Waals surface area contributed by atoms with Crippen molar-refractivity contribution >= 4 is 17.6 Å². The Balaban J connectivity index is 1.74. The molecule has 3 amide bonds. The topological polar surface area (TPSA) is 87.9 Å². The van der Waals surface area contributed by atoms with Crippen molar-refractivity contribution in [2.24, 2.45) is 0 Å². The second kappa shape index (κ2) is 5.16. The summed E-state index contributed by atoms with van der Waals surface area (Å²) in [6.45, 7) is 2.24. The highest BCUT2D eigenvalue weighted by Gasteiger charge is 2.37. The van der Waals surface area contributed by atoms with E-state index in [0.717, 1.165) is 0 Å². The van der Waals surface area contributed by atoms with Gasteiger partial charge in [-0.3, -0.25) is 4.79 Å². The van der Waals surface area contributed by atoms with Gasteiger partial charge in [-0.1, -0.05) is 0 Å². The first-order valence-corrected chi connectivity index (χ1v) is 6.87. The molecule has 2 saturated heterocycles. The quantitative estimate of drug-likeness (QED) is 0.758. The van der Waals surface area contributed by atoms with Crippen LogP contribution in [0.5, 0.6) is 5.75 Å². The number of amides is 3. The lowest BCUT2D eigenvalue weighted by molar-refractivity contribution is 0.0617. The number of piperazine rings is 1. The number of hydrogen-bond donors (Lipinski definition) is 2. The number of hydrogen-bond acceptors (Lipinski definition) is 4. The third-order valence-electron chi connectivity index (χ3n) is 4.00. The number of nitrogens with zero attached hydrogens (tertiary/aromatic N) is 2. The number of rotatable bonds is 2. The number of anilines is 1. The van der Waals surface area contributed by atoms with Gasteiger partial charge >= 0.3 is 6.03 Å². The average molecular weight is 290 g/mol. The highest BCUT2D eigenvalue weighted by molar-refractivity contribution is 5.95. The molecular weight excluding hydrogens is 272 g/mol. The number of carbonyl (C=O) groups is 2. The van der Waals surface area contributed by atoms with Gasteiger partial charge in [-0.05, 0) is 18.2 Å². The first-order valence-electron chi connectivity index (χ1n) is 6.87. The van der Waals surface area contributed by atoms with Crippen molar-refractivity contribution in [1.82, 2.24) is 15.1 Å². The first-order chi connectivity index (χ1) is 10.1. The molecule has 0 radical (unpaired) electrons. The van der Waals surface area contributed by atoms with Gasteiger partial charge < -0.3 is 25.6 Å². The molecule has 7 heteroatoms. The molecule has 21 heavy (non-hydrogen) atoms. The fourth-order valence-corrected chi connectivity index (χ4v) is 2.84. The third-order valence-corrected chi connectivity index (χ3v) is 4.00. The summed E-state index contributed by atoms with van der Waals surface area (Å²) in [5.41, 5.74) is 6.83. The van der Waals surface area contributed by atoms with Gasteiger partial charge in [0.15, 0.2) is 0 Å². The molecule has 1 aromatic carbocycles. The van der Waals surface area contributed by atoms with Gasteiger partial charge in [-0.15, -0.1) is 0 Å². The maximum Gasteiger partial charge on any atom is 0.317 e. The van der Waals surface area contributed by atoms with E-state index in [1.165, 1.54) is 7.11 Å². The van der Waals surface area contributed by atoms with Crippen LogP contribution in [0.25, 0.3) is 0 Å². The average Bonchev–Trinajstić information content (AvgIpc) is 2.87. The Morgan fingerprint density at radius 1 is 1.43 bits per heavy atom. The van der Waals surface area contributed by atoms with Gasteiger partial charge in [0.2, 0.25) is 0 Å². The molecule has 2 fully saturated rings. The van der Waals surface area contributed by atoms with E-state index < -0.39 is 0 Å². The van der Waals surface area contributed by atoms with Crippen molar-refractivity contribution in [3.8, 4) is 5.75 Å². The molecular formula is C14H18N4O3. The number of methoxy groups -OCH3 is 1. The lowest BCUT2D eigenvalue weighted by Gasteiger charge is -2.36. The zero-order chi connectivity index (χ0) is 15.0. The summed E-state index contributed by atoms with van der Waals surface area (Å²) in [5, 5.41) is 2.80. The second-order valence-electron chi connectivity index (χ2n) is 5.24. The number of nitrogens with one attached hydrogen (secondary N) is 1. The van der Waals surface area contributed by atoms with E-state index in [9.17, 15) is 9.59 Å². The Morgan fingerprint density at radius 2 is 2.24 bits per heavy atom. The van der Waals surface area contributed by atoms with Gasteiger partial charge in [0.25, 0.3) is 5.91 Å². The van der Waals surface area contributed by atoms with E-state index in [1.807, 2.05) is 0 Å². The summed E-state index contributed by atoms with van der Waals surface area (Å²) in [6, 6.07) is 5.05. The van der Waals surface area contributed by atoms with Crippen LogP contribution in [-0.2, 0) is 0 Å². The molecule has 1 aromatic rings. The van der Waals surface area contributed by atoms with Gasteiger partial charge in [0.05, 0.1) is 18.8 Å². The second-order valence-corrected chi connectivity index (χ2v) is 5.24. The molecule has 1 unspecified atom stereocenters. The van der Waals surface area contributed by atoms with Crippen molar-refractivity contribution in [2.45, 2.75) is 6.04 Å². The molecule has 0 bridgehead atoms. The molecule has 2 aliphatic rings. The fraction of sp³-hybridized carbons (Fsp3) is 0.429. The molecule has 2 aliphatic heterocycles. The molecule has 3 rings (SSSR count). The summed E-state index contributed by atoms with van der Waals surface area (Å²) < 4.78 is 5.09. The predicted molar refractivity (Wildman–Crippen MR) is 77.2 cm³/mol. The van der Waals surface area contributed by atoms with Gasteiger partial charge in [0.1, 0.15) is 5.75 Å². The zero-order valence-electron chi connectivity index (χ0n) is 11.8. The molecule has 0 aromatic heterocycles. The van der Waals surface area contributed by atoms with E-state index in [-0.39, 0.29) is 18.0 Å². The monoisotopic (exact) mass is 290 g/mol. The normalized spacial score (nSPS) is 21.0. The summed E-state index contributed by atoms with van der Waals surface area (Å²) >= 11 is 0. The number of nitrogen functional groups attached to an aromatic ring is 1. The minimum Gasteiger partial charge on any atom is -0.495 e. The minimum atomic E-state index is -0.0663. The van der Waals surface area contributed by atoms with Crippen LogP contribution in [-0.4, -0.2) is 61.1 Å². The number of nitrogens with two attached hydrogens (primary N) is 1. The maximum absolute atomic E-state index is 12.5. The summed E-state index contributed by atoms with van der Waals surface area (Å²) in [6.07, 6.45) is 0. The van der Waals surface area contributed by atoms with Crippen LogP contribution in [0.1, 0.15) is 10.4 Å². The van der Waals surface area contributed by atoms with Crippen molar-refractivity contribution in [1.29, 1.82) is 0 Å². The fourth-order valence-electron chi connectivity index (χ4n) is 2.84. The van der Waals surface area contributed by atoms with Crippen molar-refractivity contribution in [3.63, 3.8) is 0 Å². The van der Waals surface area contributed by atoms with E-state index >= 15 is 0 Å². The molecule has 3 N–H and O–H groups in total. The minimum absolute atomic E-state index is 0.0409. The maximum atomic E-state index is 12.5. The smallest absolute Gasteiger partial charge is 0.317 e. The Morgan fingerprint density at radius 3 is 2.95 bits per heavy atom. The zero-order valence-corrected chi connectivity index (χ0v) is 11.8. The van der Waals surface area contributed by atoms with E-state index in [0.29, 0.717) is 43.2 Å². The lowest BCUT2D eigenvalue weighted by atomic mass is 10.1. The first kappa shape index (κ1) is 13.5. The number of carbonyl (C=O) groups excluding carboxylic acids is 2. The molecule has 0 saturated carbocycles. The molecule has 112 valence electrons. The van der Waals surface area contributed by atoms with Crippen LogP contribution >= 0.6 is 0 Å². The van der Waals surface area contributed by atoms with Crippen LogP contribution in [0.15, 0.2) is 18.2 Å². The molecule has 0 aliphatic carbocycles. The van der Waals surface area contributed by atoms with Crippen molar-refractivity contribution < 1.29 is 14.3 Å². The largest absolute Gasteiger partial charge is 0.495 e. The number of fused-ring (bicyclic) bond motifs is 1. The van der Waals surface area contributed by atoms with Crippen molar-refractivity contribution in [2.75, 3.05) is 39.0 Å². The van der Waals surface area contributed by atoms with Gasteiger partial charge in [-0.25, -0.2) is 4.79 Å². The number of benzene rings is 1. The van der Waals surface area contributed by atoms with E-state index in [2.05, 4.69) is 5.32 Å². The third kappa shape index (κ3) is 2.35. The van der Waals surface area contributed by atoms with E-state index in [4.69, 9.17) is 10.5 Å². The van der Waals surface area contributed by atoms with Crippen molar-refractivity contribution in [3.05, 3.63) is 23.8 Å². The Kier molecular flexibility index (Phi) is 3.32. The molecule has 1 atom stereocenters. The lowest BCUT2D eigenvalue weighted by Crippen LogP contribution is -2.53. The Bertz CT molecular complexity index is 590. The Hall–Kier alpha value is -2.44. The van der Waals surface area contributed by atoms with Crippen LogP contribution < -0.4 is 15.8 Å². The molecule has 7 nitrogen and oxygen atoms in total. The standard InChI is InChI=1S/C14H18N4O3/c1-21-12-3-2-9(6-11(12)15)13(19)17-4-5-18-10(8-17)7-16-14(18)20/h2-3,6,10H,4-5,7-8,15H2,1H3,(H,16,20). The SMILES string of the molecule is COc1ccc(C(=O)N2CCN3C(=O)NCC3C2)cc1N.